The third-order valence-corrected chi connectivity index (χ3v) is 2.61. The van der Waals surface area contributed by atoms with Gasteiger partial charge in [-0.15, -0.1) is 0 Å². The summed E-state index contributed by atoms with van der Waals surface area (Å²) in [5.41, 5.74) is 0.563. The SMILES string of the molecule is COc1ccc(C(=O)OC2CCNC2)cc1. The predicted octanol–water partition coefficient (Wildman–Crippen LogP) is 1.21. The van der Waals surface area contributed by atoms with Crippen LogP contribution < -0.4 is 10.1 Å². The molecule has 1 aliphatic heterocycles. The highest BCUT2D eigenvalue weighted by molar-refractivity contribution is 5.89. The molecule has 1 saturated heterocycles. The van der Waals surface area contributed by atoms with Crippen LogP contribution in [0.1, 0.15) is 16.8 Å². The van der Waals surface area contributed by atoms with Gasteiger partial charge in [0.25, 0.3) is 0 Å². The summed E-state index contributed by atoms with van der Waals surface area (Å²) in [6, 6.07) is 6.93. The van der Waals surface area contributed by atoms with Crippen LogP contribution in [0.15, 0.2) is 24.3 Å². The van der Waals surface area contributed by atoms with Gasteiger partial charge in [0.2, 0.25) is 0 Å². The van der Waals surface area contributed by atoms with Crippen molar-refractivity contribution in [2.45, 2.75) is 12.5 Å². The van der Waals surface area contributed by atoms with E-state index in [4.69, 9.17) is 9.47 Å². The second-order valence-electron chi connectivity index (χ2n) is 3.75. The highest BCUT2D eigenvalue weighted by atomic mass is 16.5. The smallest absolute Gasteiger partial charge is 0.338 e. The zero-order valence-corrected chi connectivity index (χ0v) is 9.23. The van der Waals surface area contributed by atoms with Crippen molar-refractivity contribution in [2.75, 3.05) is 20.2 Å². The van der Waals surface area contributed by atoms with Crippen molar-refractivity contribution in [1.29, 1.82) is 0 Å². The van der Waals surface area contributed by atoms with E-state index in [1.165, 1.54) is 0 Å². The molecular formula is C12H15NO3. The highest BCUT2D eigenvalue weighted by Crippen LogP contribution is 2.13. The largest absolute Gasteiger partial charge is 0.497 e. The Bertz CT molecular complexity index is 355. The molecule has 0 bridgehead atoms. The third kappa shape index (κ3) is 2.52. The second-order valence-corrected chi connectivity index (χ2v) is 3.75. The van der Waals surface area contributed by atoms with Crippen LogP contribution in [-0.4, -0.2) is 32.3 Å². The number of benzene rings is 1. The van der Waals surface area contributed by atoms with E-state index in [0.717, 1.165) is 25.3 Å². The van der Waals surface area contributed by atoms with Crippen LogP contribution in [-0.2, 0) is 4.74 Å². The Kier molecular flexibility index (Phi) is 3.41. The predicted molar refractivity (Wildman–Crippen MR) is 59.7 cm³/mol. The maximum Gasteiger partial charge on any atom is 0.338 e. The first-order chi connectivity index (χ1) is 7.79. The average Bonchev–Trinajstić information content (AvgIpc) is 2.82. The van der Waals surface area contributed by atoms with Crippen LogP contribution in [0.25, 0.3) is 0 Å². The molecule has 0 amide bonds. The fraction of sp³-hybridized carbons (Fsp3) is 0.417. The minimum atomic E-state index is -0.267. The third-order valence-electron chi connectivity index (χ3n) is 2.61. The van der Waals surface area contributed by atoms with E-state index in [0.29, 0.717) is 5.56 Å². The van der Waals surface area contributed by atoms with Crippen LogP contribution >= 0.6 is 0 Å². The normalized spacial score (nSPS) is 19.4. The van der Waals surface area contributed by atoms with Crippen molar-refractivity contribution in [3.8, 4) is 5.75 Å². The van der Waals surface area contributed by atoms with Gasteiger partial charge in [-0.25, -0.2) is 4.79 Å². The summed E-state index contributed by atoms with van der Waals surface area (Å²) in [4.78, 5) is 11.7. The number of carbonyl (C=O) groups excluding carboxylic acids is 1. The van der Waals surface area contributed by atoms with Crippen molar-refractivity contribution in [1.82, 2.24) is 5.32 Å². The minimum Gasteiger partial charge on any atom is -0.497 e. The Morgan fingerprint density at radius 3 is 2.69 bits per heavy atom. The number of methoxy groups -OCH3 is 1. The molecule has 1 heterocycles. The molecule has 1 aromatic carbocycles. The molecule has 1 fully saturated rings. The molecular weight excluding hydrogens is 206 g/mol. The average molecular weight is 221 g/mol. The van der Waals surface area contributed by atoms with Gasteiger partial charge in [0.05, 0.1) is 12.7 Å². The second kappa shape index (κ2) is 4.99. The van der Waals surface area contributed by atoms with Crippen LogP contribution in [0.4, 0.5) is 0 Å². The number of hydrogen-bond acceptors (Lipinski definition) is 4. The van der Waals surface area contributed by atoms with Crippen LogP contribution in [0.3, 0.4) is 0 Å². The zero-order valence-electron chi connectivity index (χ0n) is 9.23. The molecule has 0 radical (unpaired) electrons. The summed E-state index contributed by atoms with van der Waals surface area (Å²) in [7, 11) is 1.59. The molecule has 0 aromatic heterocycles. The molecule has 4 heteroatoms. The molecule has 1 N–H and O–H groups in total. The molecule has 0 saturated carbocycles. The Labute approximate surface area is 94.6 Å². The fourth-order valence-corrected chi connectivity index (χ4v) is 1.68. The van der Waals surface area contributed by atoms with Gasteiger partial charge >= 0.3 is 5.97 Å². The number of hydrogen-bond donors (Lipinski definition) is 1. The maximum absolute atomic E-state index is 11.7. The van der Waals surface area contributed by atoms with E-state index in [1.807, 2.05) is 0 Å². The molecule has 86 valence electrons. The number of carbonyl (C=O) groups is 1. The van der Waals surface area contributed by atoms with Crippen LogP contribution in [0.2, 0.25) is 0 Å². The first-order valence-electron chi connectivity index (χ1n) is 5.35. The van der Waals surface area contributed by atoms with E-state index in [-0.39, 0.29) is 12.1 Å². The van der Waals surface area contributed by atoms with Crippen molar-refractivity contribution in [3.05, 3.63) is 29.8 Å². The zero-order chi connectivity index (χ0) is 11.4. The molecule has 0 aliphatic carbocycles. The number of nitrogens with one attached hydrogen (secondary N) is 1. The van der Waals surface area contributed by atoms with Crippen LogP contribution in [0, 0.1) is 0 Å². The van der Waals surface area contributed by atoms with E-state index >= 15 is 0 Å². The van der Waals surface area contributed by atoms with Gasteiger partial charge in [0, 0.05) is 6.54 Å². The standard InChI is InChI=1S/C12H15NO3/c1-15-10-4-2-9(3-5-10)12(14)16-11-6-7-13-8-11/h2-5,11,13H,6-8H2,1H3. The van der Waals surface area contributed by atoms with Crippen molar-refractivity contribution >= 4 is 5.97 Å². The first-order valence-corrected chi connectivity index (χ1v) is 5.35. The van der Waals surface area contributed by atoms with Gasteiger partial charge in [-0.2, -0.15) is 0 Å². The minimum absolute atomic E-state index is 0.00889. The Hall–Kier alpha value is -1.55. The lowest BCUT2D eigenvalue weighted by molar-refractivity contribution is 0.0344. The monoisotopic (exact) mass is 221 g/mol. The Morgan fingerprint density at radius 1 is 1.38 bits per heavy atom. The van der Waals surface area contributed by atoms with Gasteiger partial charge in [-0.05, 0) is 37.2 Å². The summed E-state index contributed by atoms with van der Waals surface area (Å²) in [5, 5.41) is 3.15. The van der Waals surface area contributed by atoms with E-state index in [1.54, 1.807) is 31.4 Å². The molecule has 1 atom stereocenters. The molecule has 16 heavy (non-hydrogen) atoms. The topological polar surface area (TPSA) is 47.6 Å². The summed E-state index contributed by atoms with van der Waals surface area (Å²) < 4.78 is 10.3. The van der Waals surface area contributed by atoms with Gasteiger partial charge < -0.3 is 14.8 Å². The van der Waals surface area contributed by atoms with Gasteiger partial charge in [-0.3, -0.25) is 0 Å². The molecule has 2 rings (SSSR count). The lowest BCUT2D eigenvalue weighted by Gasteiger charge is -2.10. The number of ether oxygens (including phenoxy) is 2. The summed E-state index contributed by atoms with van der Waals surface area (Å²) in [6.07, 6.45) is 0.900. The van der Waals surface area contributed by atoms with E-state index in [9.17, 15) is 4.79 Å². The quantitative estimate of drug-likeness (QED) is 0.779. The molecule has 4 nitrogen and oxygen atoms in total. The molecule has 1 aromatic rings. The van der Waals surface area contributed by atoms with Crippen molar-refractivity contribution < 1.29 is 14.3 Å². The maximum atomic E-state index is 11.7. The summed E-state index contributed by atoms with van der Waals surface area (Å²) in [5.74, 6) is 0.468. The lowest BCUT2D eigenvalue weighted by Crippen LogP contribution is -2.20. The van der Waals surface area contributed by atoms with Crippen molar-refractivity contribution in [2.24, 2.45) is 0 Å². The molecule has 1 unspecified atom stereocenters. The van der Waals surface area contributed by atoms with Gasteiger partial charge in [0.1, 0.15) is 11.9 Å². The Morgan fingerprint density at radius 2 is 2.12 bits per heavy atom. The van der Waals surface area contributed by atoms with Crippen molar-refractivity contribution in [3.63, 3.8) is 0 Å². The summed E-state index contributed by atoms with van der Waals surface area (Å²) in [6.45, 7) is 1.67. The molecule has 0 spiro atoms. The van der Waals surface area contributed by atoms with E-state index in [2.05, 4.69) is 5.32 Å². The number of rotatable bonds is 3. The van der Waals surface area contributed by atoms with Crippen LogP contribution in [0.5, 0.6) is 5.75 Å². The highest BCUT2D eigenvalue weighted by Gasteiger charge is 2.19. The fourth-order valence-electron chi connectivity index (χ4n) is 1.68. The Balaban J connectivity index is 1.97. The first kappa shape index (κ1) is 11.0. The summed E-state index contributed by atoms with van der Waals surface area (Å²) >= 11 is 0. The lowest BCUT2D eigenvalue weighted by atomic mass is 10.2. The van der Waals surface area contributed by atoms with E-state index < -0.39 is 0 Å². The number of esters is 1. The van der Waals surface area contributed by atoms with Gasteiger partial charge in [0.15, 0.2) is 0 Å². The molecule has 1 aliphatic rings. The van der Waals surface area contributed by atoms with Gasteiger partial charge in [-0.1, -0.05) is 0 Å².